The zero-order valence-corrected chi connectivity index (χ0v) is 10.8. The Hall–Kier alpha value is -2.27. The smallest absolute Gasteiger partial charge is 0.257 e. The van der Waals surface area contributed by atoms with Crippen molar-refractivity contribution in [2.75, 3.05) is 5.32 Å². The molecule has 0 bridgehead atoms. The third-order valence-electron chi connectivity index (χ3n) is 2.74. The Labute approximate surface area is 111 Å². The summed E-state index contributed by atoms with van der Waals surface area (Å²) in [6.45, 7) is 3.52. The van der Waals surface area contributed by atoms with Crippen LogP contribution in [0, 0.1) is 13.8 Å². The highest BCUT2D eigenvalue weighted by Gasteiger charge is 2.11. The number of hydrogen-bond donors (Lipinski definition) is 2. The van der Waals surface area contributed by atoms with Crippen molar-refractivity contribution < 1.29 is 9.90 Å². The van der Waals surface area contributed by atoms with E-state index in [-0.39, 0.29) is 12.5 Å². The van der Waals surface area contributed by atoms with E-state index < -0.39 is 0 Å². The molecule has 0 spiro atoms. The Morgan fingerprint density at radius 3 is 2.53 bits per heavy atom. The van der Waals surface area contributed by atoms with Crippen LogP contribution in [-0.2, 0) is 6.61 Å². The summed E-state index contributed by atoms with van der Waals surface area (Å²) in [6, 6.07) is 8.73. The Balaban J connectivity index is 2.18. The molecule has 1 amide bonds. The largest absolute Gasteiger partial charge is 0.392 e. The lowest BCUT2D eigenvalue weighted by molar-refractivity contribution is 0.102. The van der Waals surface area contributed by atoms with Crippen molar-refractivity contribution in [2.45, 2.75) is 20.5 Å². The molecule has 2 aromatic rings. The molecule has 5 heteroatoms. The van der Waals surface area contributed by atoms with Crippen molar-refractivity contribution in [2.24, 2.45) is 0 Å². The maximum absolute atomic E-state index is 12.1. The van der Waals surface area contributed by atoms with Crippen molar-refractivity contribution in [1.82, 2.24) is 10.2 Å². The second-order valence-electron chi connectivity index (χ2n) is 4.29. The monoisotopic (exact) mass is 257 g/mol. The third kappa shape index (κ3) is 3.14. The van der Waals surface area contributed by atoms with Crippen LogP contribution in [0.25, 0.3) is 0 Å². The summed E-state index contributed by atoms with van der Waals surface area (Å²) in [4.78, 5) is 12.1. The molecular weight excluding hydrogens is 242 g/mol. The van der Waals surface area contributed by atoms with Crippen LogP contribution in [0.3, 0.4) is 0 Å². The van der Waals surface area contributed by atoms with E-state index in [1.165, 1.54) is 0 Å². The van der Waals surface area contributed by atoms with Crippen LogP contribution in [0.4, 0.5) is 5.69 Å². The predicted molar refractivity (Wildman–Crippen MR) is 71.8 cm³/mol. The van der Waals surface area contributed by atoms with Gasteiger partial charge in [-0.1, -0.05) is 12.1 Å². The average Bonchev–Trinajstić information content (AvgIpc) is 2.42. The van der Waals surface area contributed by atoms with E-state index in [9.17, 15) is 4.79 Å². The first-order valence-electron chi connectivity index (χ1n) is 5.92. The summed E-state index contributed by atoms with van der Waals surface area (Å²) in [6.07, 6.45) is 0. The molecule has 0 aliphatic carbocycles. The molecule has 1 heterocycles. The molecule has 1 aromatic heterocycles. The summed E-state index contributed by atoms with van der Waals surface area (Å²) in [5, 5.41) is 19.6. The first-order chi connectivity index (χ1) is 9.10. The van der Waals surface area contributed by atoms with E-state index in [2.05, 4.69) is 15.5 Å². The van der Waals surface area contributed by atoms with Crippen molar-refractivity contribution in [3.63, 3.8) is 0 Å². The van der Waals surface area contributed by atoms with Gasteiger partial charge in [-0.2, -0.15) is 10.2 Å². The number of amides is 1. The lowest BCUT2D eigenvalue weighted by Gasteiger charge is -2.07. The van der Waals surface area contributed by atoms with Crippen LogP contribution in [0.5, 0.6) is 0 Å². The fraction of sp³-hybridized carbons (Fsp3) is 0.214. The van der Waals surface area contributed by atoms with Crippen molar-refractivity contribution in [3.05, 3.63) is 52.8 Å². The average molecular weight is 257 g/mol. The Bertz CT molecular complexity index is 594. The van der Waals surface area contributed by atoms with Gasteiger partial charge in [0.2, 0.25) is 0 Å². The first kappa shape index (κ1) is 13.2. The Kier molecular flexibility index (Phi) is 3.87. The van der Waals surface area contributed by atoms with E-state index in [1.807, 2.05) is 0 Å². The normalized spacial score (nSPS) is 10.3. The maximum atomic E-state index is 12.1. The van der Waals surface area contributed by atoms with Gasteiger partial charge < -0.3 is 10.4 Å². The number of aromatic nitrogens is 2. The molecule has 0 aliphatic heterocycles. The number of anilines is 1. The summed E-state index contributed by atoms with van der Waals surface area (Å²) >= 11 is 0. The van der Waals surface area contributed by atoms with Gasteiger partial charge in [-0.15, -0.1) is 0 Å². The predicted octanol–water partition coefficient (Wildman–Crippen LogP) is 1.84. The number of carbonyl (C=O) groups is 1. The van der Waals surface area contributed by atoms with Crippen molar-refractivity contribution in [1.29, 1.82) is 0 Å². The third-order valence-corrected chi connectivity index (χ3v) is 2.74. The molecule has 5 nitrogen and oxygen atoms in total. The molecule has 0 unspecified atom stereocenters. The number of nitrogens with one attached hydrogen (secondary N) is 1. The van der Waals surface area contributed by atoms with E-state index in [4.69, 9.17) is 5.11 Å². The molecule has 0 saturated heterocycles. The molecule has 0 fully saturated rings. The topological polar surface area (TPSA) is 75.1 Å². The van der Waals surface area contributed by atoms with Gasteiger partial charge in [-0.3, -0.25) is 4.79 Å². The highest BCUT2D eigenvalue weighted by molar-refractivity contribution is 6.04. The van der Waals surface area contributed by atoms with E-state index in [0.29, 0.717) is 22.6 Å². The number of aryl methyl sites for hydroxylation is 2. The molecule has 2 rings (SSSR count). The second kappa shape index (κ2) is 5.58. The van der Waals surface area contributed by atoms with Gasteiger partial charge in [-0.25, -0.2) is 0 Å². The van der Waals surface area contributed by atoms with Crippen LogP contribution in [0.1, 0.15) is 27.3 Å². The van der Waals surface area contributed by atoms with Gasteiger partial charge in [0.05, 0.1) is 23.6 Å². The number of hydrogen-bond acceptors (Lipinski definition) is 4. The van der Waals surface area contributed by atoms with Crippen LogP contribution in [0.15, 0.2) is 30.3 Å². The van der Waals surface area contributed by atoms with E-state index in [0.717, 1.165) is 5.56 Å². The molecule has 98 valence electrons. The highest BCUT2D eigenvalue weighted by Crippen LogP contribution is 2.13. The van der Waals surface area contributed by atoms with Crippen molar-refractivity contribution >= 4 is 11.6 Å². The minimum absolute atomic E-state index is 0.0131. The highest BCUT2D eigenvalue weighted by atomic mass is 16.3. The first-order valence-corrected chi connectivity index (χ1v) is 5.92. The number of aliphatic hydroxyl groups excluding tert-OH is 1. The van der Waals surface area contributed by atoms with E-state index >= 15 is 0 Å². The SMILES string of the molecule is Cc1cc(C(=O)Nc2ccc(CO)cc2)c(C)nn1. The molecule has 0 aliphatic rings. The summed E-state index contributed by atoms with van der Waals surface area (Å²) in [5.74, 6) is -0.216. The molecular formula is C14H15N3O2. The number of carbonyl (C=O) groups excluding carboxylic acids is 1. The lowest BCUT2D eigenvalue weighted by Crippen LogP contribution is -2.15. The van der Waals surface area contributed by atoms with Crippen molar-refractivity contribution in [3.8, 4) is 0 Å². The standard InChI is InChI=1S/C14H15N3O2/c1-9-7-13(10(2)17-16-9)14(19)15-12-5-3-11(8-18)4-6-12/h3-7,18H,8H2,1-2H3,(H,15,19). The van der Waals surface area contributed by atoms with Gasteiger partial charge in [0, 0.05) is 5.69 Å². The second-order valence-corrected chi connectivity index (χ2v) is 4.29. The molecule has 1 aromatic carbocycles. The number of rotatable bonds is 3. The zero-order chi connectivity index (χ0) is 13.8. The maximum Gasteiger partial charge on any atom is 0.257 e. The minimum Gasteiger partial charge on any atom is -0.392 e. The summed E-state index contributed by atoms with van der Waals surface area (Å²) in [5.41, 5.74) is 3.28. The number of nitrogens with zero attached hydrogens (tertiary/aromatic N) is 2. The van der Waals surface area contributed by atoms with Gasteiger partial charge in [0.15, 0.2) is 0 Å². The summed E-state index contributed by atoms with van der Waals surface area (Å²) < 4.78 is 0. The fourth-order valence-electron chi connectivity index (χ4n) is 1.67. The Morgan fingerprint density at radius 1 is 1.21 bits per heavy atom. The van der Waals surface area contributed by atoms with Gasteiger partial charge in [0.25, 0.3) is 5.91 Å². The zero-order valence-electron chi connectivity index (χ0n) is 10.8. The van der Waals surface area contributed by atoms with Crippen LogP contribution < -0.4 is 5.32 Å². The van der Waals surface area contributed by atoms with E-state index in [1.54, 1.807) is 44.2 Å². The molecule has 0 atom stereocenters. The van der Waals surface area contributed by atoms with Crippen LogP contribution in [-0.4, -0.2) is 21.2 Å². The molecule has 2 N–H and O–H groups in total. The fourth-order valence-corrected chi connectivity index (χ4v) is 1.67. The van der Waals surface area contributed by atoms with Gasteiger partial charge in [0.1, 0.15) is 0 Å². The quantitative estimate of drug-likeness (QED) is 0.879. The van der Waals surface area contributed by atoms with Crippen LogP contribution >= 0.6 is 0 Å². The summed E-state index contributed by atoms with van der Waals surface area (Å²) in [7, 11) is 0. The molecule has 19 heavy (non-hydrogen) atoms. The number of benzene rings is 1. The van der Waals surface area contributed by atoms with Gasteiger partial charge >= 0.3 is 0 Å². The molecule has 0 radical (unpaired) electrons. The molecule has 0 saturated carbocycles. The number of aliphatic hydroxyl groups is 1. The Morgan fingerprint density at radius 2 is 1.89 bits per heavy atom. The lowest BCUT2D eigenvalue weighted by atomic mass is 10.1. The van der Waals surface area contributed by atoms with Gasteiger partial charge in [-0.05, 0) is 37.6 Å². The minimum atomic E-state index is -0.216. The van der Waals surface area contributed by atoms with Crippen LogP contribution in [0.2, 0.25) is 0 Å².